The number of carbonyl (C=O) groups excluding carboxylic acids is 1. The summed E-state index contributed by atoms with van der Waals surface area (Å²) in [4.78, 5) is 11.3. The first kappa shape index (κ1) is 17.9. The summed E-state index contributed by atoms with van der Waals surface area (Å²) in [7, 11) is 1.34. The summed E-state index contributed by atoms with van der Waals surface area (Å²) in [6, 6.07) is 6.42. The molecule has 2 atom stereocenters. The highest BCUT2D eigenvalue weighted by atomic mass is 35.5. The summed E-state index contributed by atoms with van der Waals surface area (Å²) in [6.45, 7) is 2.07. The number of esters is 1. The van der Waals surface area contributed by atoms with Crippen molar-refractivity contribution in [3.8, 4) is 0 Å². The van der Waals surface area contributed by atoms with Crippen molar-refractivity contribution in [1.29, 1.82) is 0 Å². The van der Waals surface area contributed by atoms with Gasteiger partial charge in [0.25, 0.3) is 0 Å². The van der Waals surface area contributed by atoms with Gasteiger partial charge in [-0.25, -0.2) is 4.79 Å². The normalized spacial score (nSPS) is 13.3. The van der Waals surface area contributed by atoms with Gasteiger partial charge in [-0.2, -0.15) is 0 Å². The van der Waals surface area contributed by atoms with E-state index in [-0.39, 0.29) is 18.4 Å². The minimum absolute atomic E-state index is 0. The smallest absolute Gasteiger partial charge is 0.337 e. The van der Waals surface area contributed by atoms with Crippen molar-refractivity contribution in [2.45, 2.75) is 38.3 Å². The Morgan fingerprint density at radius 1 is 1.37 bits per heavy atom. The van der Waals surface area contributed by atoms with Crippen molar-refractivity contribution in [2.75, 3.05) is 7.11 Å². The monoisotopic (exact) mass is 287 g/mol. The highest BCUT2D eigenvalue weighted by molar-refractivity contribution is 5.89. The van der Waals surface area contributed by atoms with E-state index in [1.165, 1.54) is 7.11 Å². The third-order valence-electron chi connectivity index (χ3n) is 2.98. The Kier molecular flexibility index (Phi) is 8.39. The molecule has 0 radical (unpaired) electrons. The van der Waals surface area contributed by atoms with E-state index in [4.69, 9.17) is 5.73 Å². The van der Waals surface area contributed by atoms with E-state index in [0.717, 1.165) is 18.4 Å². The Morgan fingerprint density at radius 2 is 1.95 bits per heavy atom. The van der Waals surface area contributed by atoms with Crippen LogP contribution in [0.3, 0.4) is 0 Å². The number of hydrogen-bond acceptors (Lipinski definition) is 4. The van der Waals surface area contributed by atoms with Crippen LogP contribution in [0.15, 0.2) is 24.3 Å². The number of benzene rings is 1. The van der Waals surface area contributed by atoms with Crippen LogP contribution in [0, 0.1) is 0 Å². The van der Waals surface area contributed by atoms with E-state index in [9.17, 15) is 9.90 Å². The molecular weight excluding hydrogens is 266 g/mol. The summed E-state index contributed by atoms with van der Waals surface area (Å²) in [5, 5.41) is 9.91. The van der Waals surface area contributed by atoms with Crippen LogP contribution in [0.4, 0.5) is 0 Å². The van der Waals surface area contributed by atoms with Crippen LogP contribution < -0.4 is 5.73 Å². The second-order valence-corrected chi connectivity index (χ2v) is 4.35. The first-order valence-electron chi connectivity index (χ1n) is 6.22. The molecule has 0 aliphatic carbocycles. The summed E-state index contributed by atoms with van der Waals surface area (Å²) in [5.74, 6) is -0.373. The van der Waals surface area contributed by atoms with E-state index in [0.29, 0.717) is 12.0 Å². The number of unbranched alkanes of at least 4 members (excludes halogenated alkanes) is 1. The van der Waals surface area contributed by atoms with Gasteiger partial charge >= 0.3 is 5.97 Å². The summed E-state index contributed by atoms with van der Waals surface area (Å²) < 4.78 is 4.62. The van der Waals surface area contributed by atoms with Crippen molar-refractivity contribution >= 4 is 18.4 Å². The zero-order chi connectivity index (χ0) is 13.5. The van der Waals surface area contributed by atoms with Crippen LogP contribution in [0.5, 0.6) is 0 Å². The molecular formula is C14H22ClNO3. The predicted molar refractivity (Wildman–Crippen MR) is 77.5 cm³/mol. The number of rotatable bonds is 6. The Hall–Kier alpha value is -1.10. The van der Waals surface area contributed by atoms with Gasteiger partial charge in [-0.05, 0) is 24.1 Å². The minimum Gasteiger partial charge on any atom is -0.465 e. The van der Waals surface area contributed by atoms with Crippen molar-refractivity contribution < 1.29 is 14.6 Å². The highest BCUT2D eigenvalue weighted by Gasteiger charge is 2.16. The number of nitrogens with two attached hydrogens (primary N) is 1. The zero-order valence-corrected chi connectivity index (χ0v) is 12.2. The van der Waals surface area contributed by atoms with E-state index >= 15 is 0 Å². The average Bonchev–Trinajstić information content (AvgIpc) is 2.43. The third-order valence-corrected chi connectivity index (χ3v) is 2.98. The molecule has 0 aromatic heterocycles. The minimum atomic E-state index is -0.547. The maximum absolute atomic E-state index is 11.3. The van der Waals surface area contributed by atoms with Crippen LogP contribution >= 0.6 is 12.4 Å². The molecule has 0 aliphatic heterocycles. The van der Waals surface area contributed by atoms with Gasteiger partial charge in [-0.3, -0.25) is 0 Å². The standard InChI is InChI=1S/C14H21NO3.ClH/c1-3-4-5-12(16)13(15)10-6-8-11(9-7-10)14(17)18-2;/h6-9,12-13,16H,3-5,15H2,1-2H3;1H/t12-,13+;/m1./s1. The molecule has 0 saturated heterocycles. The maximum Gasteiger partial charge on any atom is 0.337 e. The van der Waals surface area contributed by atoms with E-state index in [1.807, 2.05) is 0 Å². The first-order chi connectivity index (χ1) is 8.60. The fourth-order valence-corrected chi connectivity index (χ4v) is 1.77. The van der Waals surface area contributed by atoms with Crippen molar-refractivity contribution in [3.05, 3.63) is 35.4 Å². The van der Waals surface area contributed by atoms with Gasteiger partial charge in [0, 0.05) is 0 Å². The lowest BCUT2D eigenvalue weighted by atomic mass is 9.97. The Labute approximate surface area is 120 Å². The molecule has 5 heteroatoms. The van der Waals surface area contributed by atoms with Crippen LogP contribution in [-0.4, -0.2) is 24.3 Å². The summed E-state index contributed by atoms with van der Waals surface area (Å²) in [6.07, 6.45) is 2.13. The number of carbonyl (C=O) groups is 1. The molecule has 0 unspecified atom stereocenters. The van der Waals surface area contributed by atoms with Crippen molar-refractivity contribution in [3.63, 3.8) is 0 Å². The molecule has 3 N–H and O–H groups in total. The summed E-state index contributed by atoms with van der Waals surface area (Å²) >= 11 is 0. The zero-order valence-electron chi connectivity index (χ0n) is 11.3. The number of aliphatic hydroxyl groups is 1. The quantitative estimate of drug-likeness (QED) is 0.788. The number of ether oxygens (including phenoxy) is 1. The lowest BCUT2D eigenvalue weighted by Gasteiger charge is -2.19. The molecule has 4 nitrogen and oxygen atoms in total. The fraction of sp³-hybridized carbons (Fsp3) is 0.500. The topological polar surface area (TPSA) is 72.5 Å². The van der Waals surface area contributed by atoms with Crippen molar-refractivity contribution in [1.82, 2.24) is 0 Å². The molecule has 1 rings (SSSR count). The van der Waals surface area contributed by atoms with Crippen LogP contribution in [0.25, 0.3) is 0 Å². The third kappa shape index (κ3) is 5.19. The van der Waals surface area contributed by atoms with Gasteiger partial charge in [0.15, 0.2) is 0 Å². The lowest BCUT2D eigenvalue weighted by Crippen LogP contribution is -2.26. The number of aliphatic hydroxyl groups excluding tert-OH is 1. The molecule has 19 heavy (non-hydrogen) atoms. The predicted octanol–water partition coefficient (Wildman–Crippen LogP) is 2.45. The van der Waals surface area contributed by atoms with Gasteiger partial charge in [-0.15, -0.1) is 12.4 Å². The number of hydrogen-bond donors (Lipinski definition) is 2. The molecule has 108 valence electrons. The Bertz CT molecular complexity index is 381. The molecule has 0 spiro atoms. The molecule has 0 heterocycles. The molecule has 0 saturated carbocycles. The highest BCUT2D eigenvalue weighted by Crippen LogP contribution is 2.19. The second kappa shape index (κ2) is 8.91. The molecule has 0 fully saturated rings. The molecule has 0 aliphatic rings. The molecule has 0 bridgehead atoms. The van der Waals surface area contributed by atoms with Gasteiger partial charge in [0.2, 0.25) is 0 Å². The molecule has 0 amide bonds. The van der Waals surface area contributed by atoms with Crippen LogP contribution in [0.2, 0.25) is 0 Å². The average molecular weight is 288 g/mol. The van der Waals surface area contributed by atoms with E-state index < -0.39 is 12.1 Å². The van der Waals surface area contributed by atoms with E-state index in [1.54, 1.807) is 24.3 Å². The molecule has 1 aromatic carbocycles. The van der Waals surface area contributed by atoms with Gasteiger partial charge < -0.3 is 15.6 Å². The van der Waals surface area contributed by atoms with Gasteiger partial charge in [0.05, 0.1) is 24.8 Å². The van der Waals surface area contributed by atoms with Gasteiger partial charge in [-0.1, -0.05) is 31.9 Å². The van der Waals surface area contributed by atoms with Gasteiger partial charge in [0.1, 0.15) is 0 Å². The fourth-order valence-electron chi connectivity index (χ4n) is 1.77. The Balaban J connectivity index is 0.00000324. The second-order valence-electron chi connectivity index (χ2n) is 4.35. The largest absolute Gasteiger partial charge is 0.465 e. The van der Waals surface area contributed by atoms with Crippen LogP contribution in [0.1, 0.15) is 48.1 Å². The van der Waals surface area contributed by atoms with E-state index in [2.05, 4.69) is 11.7 Å². The summed E-state index contributed by atoms with van der Waals surface area (Å²) in [5.41, 5.74) is 7.28. The molecule has 1 aromatic rings. The number of methoxy groups -OCH3 is 1. The first-order valence-corrected chi connectivity index (χ1v) is 6.22. The van der Waals surface area contributed by atoms with Crippen LogP contribution in [-0.2, 0) is 4.74 Å². The maximum atomic E-state index is 11.3. The SMILES string of the molecule is CCCC[C@@H](O)[C@@H](N)c1ccc(C(=O)OC)cc1.Cl. The Morgan fingerprint density at radius 3 is 2.42 bits per heavy atom. The number of halogens is 1. The lowest BCUT2D eigenvalue weighted by molar-refractivity contribution is 0.0600. The van der Waals surface area contributed by atoms with Crippen molar-refractivity contribution in [2.24, 2.45) is 5.73 Å².